The molecule has 34 heavy (non-hydrogen) atoms. The van der Waals surface area contributed by atoms with Gasteiger partial charge in [0, 0.05) is 11.3 Å². The molecule has 1 unspecified atom stereocenters. The normalized spacial score (nSPS) is 24.1. The highest BCUT2D eigenvalue weighted by atomic mass is 32.1. The summed E-state index contributed by atoms with van der Waals surface area (Å²) in [6, 6.07) is 0.0474. The number of nitrogens with one attached hydrogen (secondary N) is 2. The summed E-state index contributed by atoms with van der Waals surface area (Å²) in [6.45, 7) is 14.0. The van der Waals surface area contributed by atoms with Crippen molar-refractivity contribution in [3.05, 3.63) is 11.6 Å². The second-order valence-corrected chi connectivity index (χ2v) is 12.1. The van der Waals surface area contributed by atoms with E-state index in [1.165, 1.54) is 4.90 Å². The van der Waals surface area contributed by atoms with Gasteiger partial charge in [0.1, 0.15) is 5.00 Å². The van der Waals surface area contributed by atoms with Crippen molar-refractivity contribution in [1.82, 2.24) is 10.2 Å². The van der Waals surface area contributed by atoms with Gasteiger partial charge in [0.05, 0.1) is 28.8 Å². The van der Waals surface area contributed by atoms with Gasteiger partial charge in [-0.15, -0.1) is 11.3 Å². The van der Waals surface area contributed by atoms with Gasteiger partial charge in [-0.25, -0.2) is 9.59 Å². The number of rotatable bonds is 4. The van der Waals surface area contributed by atoms with E-state index in [9.17, 15) is 19.5 Å². The van der Waals surface area contributed by atoms with E-state index in [4.69, 9.17) is 15.0 Å². The molecule has 5 N–H and O–H groups in total. The minimum Gasteiger partial charge on any atom is -0.465 e. The summed E-state index contributed by atoms with van der Waals surface area (Å²) in [4.78, 5) is 38.3. The summed E-state index contributed by atoms with van der Waals surface area (Å²) in [7, 11) is -0.704. The van der Waals surface area contributed by atoms with Crippen molar-refractivity contribution in [3.63, 3.8) is 0 Å². The zero-order valence-electron chi connectivity index (χ0n) is 20.9. The highest BCUT2D eigenvalue weighted by Crippen LogP contribution is 2.38. The van der Waals surface area contributed by atoms with E-state index in [1.54, 1.807) is 6.07 Å². The van der Waals surface area contributed by atoms with Crippen molar-refractivity contribution in [2.24, 2.45) is 11.1 Å². The molecule has 3 heterocycles. The number of anilines is 1. The number of nitrogens with zero attached hydrogens (tertiary/aromatic N) is 1. The quantitative estimate of drug-likeness (QED) is 0.474. The third-order valence-electron chi connectivity index (χ3n) is 6.80. The van der Waals surface area contributed by atoms with Crippen LogP contribution in [-0.4, -0.2) is 65.0 Å². The Bertz CT molecular complexity index is 957. The molecule has 0 aromatic carbocycles. The smallest absolute Gasteiger partial charge is 0.465 e. The number of carbonyl (C=O) groups is 3. The lowest BCUT2D eigenvalue weighted by atomic mass is 9.77. The van der Waals surface area contributed by atoms with Crippen LogP contribution in [0.4, 0.5) is 14.6 Å². The molecule has 4 amide bonds. The molecule has 2 fully saturated rings. The van der Waals surface area contributed by atoms with Crippen LogP contribution in [0.3, 0.4) is 0 Å². The molecule has 1 aromatic heterocycles. The summed E-state index contributed by atoms with van der Waals surface area (Å²) >= 11 is 1.16. The van der Waals surface area contributed by atoms with Gasteiger partial charge in [0.2, 0.25) is 0 Å². The number of thiophene rings is 1. The van der Waals surface area contributed by atoms with E-state index in [1.807, 2.05) is 48.5 Å². The van der Waals surface area contributed by atoms with Crippen LogP contribution >= 0.6 is 11.3 Å². The molecule has 12 heteroatoms. The summed E-state index contributed by atoms with van der Waals surface area (Å²) in [5.41, 5.74) is 4.05. The van der Waals surface area contributed by atoms with Gasteiger partial charge in [-0.3, -0.25) is 10.1 Å². The summed E-state index contributed by atoms with van der Waals surface area (Å²) in [5, 5.41) is 15.5. The van der Waals surface area contributed by atoms with Crippen LogP contribution < -0.4 is 21.1 Å². The molecule has 2 saturated heterocycles. The molecule has 2 atom stereocenters. The molecule has 0 spiro atoms. The molecule has 2 aliphatic rings. The highest BCUT2D eigenvalue weighted by molar-refractivity contribution is 7.26. The molecule has 188 valence electrons. The number of primary amides is 1. The van der Waals surface area contributed by atoms with Crippen LogP contribution in [0.5, 0.6) is 0 Å². The van der Waals surface area contributed by atoms with Gasteiger partial charge in [0.15, 0.2) is 0 Å². The lowest BCUT2D eigenvalue weighted by Crippen LogP contribution is -2.61. The van der Waals surface area contributed by atoms with Crippen LogP contribution in [0.2, 0.25) is 0 Å². The van der Waals surface area contributed by atoms with Gasteiger partial charge in [-0.2, -0.15) is 0 Å². The first-order valence-corrected chi connectivity index (χ1v) is 12.2. The Hall–Kier alpha value is -2.31. The van der Waals surface area contributed by atoms with Crippen molar-refractivity contribution in [2.75, 3.05) is 11.9 Å². The minimum absolute atomic E-state index is 0.230. The average molecular weight is 494 g/mol. The Kier molecular flexibility index (Phi) is 7.00. The fourth-order valence-corrected chi connectivity index (χ4v) is 5.56. The topological polar surface area (TPSA) is 143 Å². The van der Waals surface area contributed by atoms with E-state index < -0.39 is 47.8 Å². The first kappa shape index (κ1) is 26.3. The largest absolute Gasteiger partial charge is 0.505 e. The standard InChI is InChI=1S/C22H35BN4O6S/c1-20(2,3)15-13(9-8-10-27(15)19(30)31)25-16(28)12-11-14(34-17(12)26-18(24)29)23-32-21(4,5)22(6,7)33-23/h11,13,15H,8-10H2,1-7H3,(H,25,28)(H,30,31)(H3,24,26,29)/t13-,15?/m0/s1. The van der Waals surface area contributed by atoms with Crippen molar-refractivity contribution in [1.29, 1.82) is 0 Å². The van der Waals surface area contributed by atoms with Crippen molar-refractivity contribution in [3.8, 4) is 0 Å². The Morgan fingerprint density at radius 2 is 1.79 bits per heavy atom. The fraction of sp³-hybridized carbons (Fsp3) is 0.682. The summed E-state index contributed by atoms with van der Waals surface area (Å²) in [6.07, 6.45) is 0.275. The van der Waals surface area contributed by atoms with E-state index in [-0.39, 0.29) is 16.6 Å². The zero-order valence-corrected chi connectivity index (χ0v) is 21.7. The lowest BCUT2D eigenvalue weighted by Gasteiger charge is -2.46. The molecular weight excluding hydrogens is 459 g/mol. The monoisotopic (exact) mass is 494 g/mol. The van der Waals surface area contributed by atoms with E-state index in [0.717, 1.165) is 11.3 Å². The predicted molar refractivity (Wildman–Crippen MR) is 132 cm³/mol. The highest BCUT2D eigenvalue weighted by Gasteiger charge is 2.52. The Balaban J connectivity index is 1.90. The molecule has 2 aliphatic heterocycles. The number of amides is 4. The van der Waals surface area contributed by atoms with Crippen LogP contribution in [0, 0.1) is 5.41 Å². The van der Waals surface area contributed by atoms with Gasteiger partial charge in [-0.1, -0.05) is 20.8 Å². The molecule has 3 rings (SSSR count). The predicted octanol–water partition coefficient (Wildman–Crippen LogP) is 2.82. The molecule has 1 aromatic rings. The maximum atomic E-state index is 13.4. The molecule has 0 saturated carbocycles. The van der Waals surface area contributed by atoms with Crippen molar-refractivity contribution < 1.29 is 28.8 Å². The maximum absolute atomic E-state index is 13.4. The Morgan fingerprint density at radius 3 is 2.29 bits per heavy atom. The van der Waals surface area contributed by atoms with Crippen LogP contribution in [0.1, 0.15) is 71.7 Å². The first-order valence-electron chi connectivity index (χ1n) is 11.4. The maximum Gasteiger partial charge on any atom is 0.505 e. The van der Waals surface area contributed by atoms with Crippen LogP contribution in [0.15, 0.2) is 6.07 Å². The SMILES string of the molecule is CC(C)(C)C1[C@@H](NC(=O)c2cc(B3OC(C)(C)C(C)(C)O3)sc2NC(N)=O)CCCN1C(=O)O. The number of carbonyl (C=O) groups excluding carboxylic acids is 2. The van der Waals surface area contributed by atoms with Gasteiger partial charge >= 0.3 is 19.2 Å². The Morgan fingerprint density at radius 1 is 1.21 bits per heavy atom. The first-order chi connectivity index (χ1) is 15.5. The van der Waals surface area contributed by atoms with Crippen molar-refractivity contribution in [2.45, 2.75) is 84.6 Å². The van der Waals surface area contributed by atoms with E-state index in [0.29, 0.717) is 24.2 Å². The van der Waals surface area contributed by atoms with Gasteiger partial charge in [0.25, 0.3) is 5.91 Å². The third-order valence-corrected chi connectivity index (χ3v) is 7.87. The van der Waals surface area contributed by atoms with Crippen LogP contribution in [0.25, 0.3) is 0 Å². The summed E-state index contributed by atoms with van der Waals surface area (Å²) < 4.78 is 12.8. The lowest BCUT2D eigenvalue weighted by molar-refractivity contribution is 0.00578. The van der Waals surface area contributed by atoms with Gasteiger partial charge < -0.3 is 30.4 Å². The molecule has 0 radical (unpaired) electrons. The molecular formula is C22H35BN4O6S. The fourth-order valence-electron chi connectivity index (χ4n) is 4.54. The minimum atomic E-state index is -1.01. The molecule has 0 aliphatic carbocycles. The number of hydrogen-bond acceptors (Lipinski definition) is 6. The van der Waals surface area contributed by atoms with E-state index >= 15 is 0 Å². The third kappa shape index (κ3) is 5.18. The molecule has 0 bridgehead atoms. The van der Waals surface area contributed by atoms with Gasteiger partial charge in [-0.05, 0) is 52.0 Å². The number of likely N-dealkylation sites (tertiary alicyclic amines) is 1. The molecule has 10 nitrogen and oxygen atoms in total. The number of nitrogens with two attached hydrogens (primary N) is 1. The van der Waals surface area contributed by atoms with Crippen molar-refractivity contribution >= 4 is 46.3 Å². The number of hydrogen-bond donors (Lipinski definition) is 4. The second-order valence-electron chi connectivity index (χ2n) is 11.0. The zero-order chi connectivity index (χ0) is 25.6. The summed E-state index contributed by atoms with van der Waals surface area (Å²) in [5.74, 6) is -0.422. The average Bonchev–Trinajstić information content (AvgIpc) is 3.18. The van der Waals surface area contributed by atoms with E-state index in [2.05, 4.69) is 10.6 Å². The second kappa shape index (κ2) is 9.05. The Labute approximate surface area is 204 Å². The number of piperidine rings is 1. The number of urea groups is 1. The number of carboxylic acid groups (broad SMARTS) is 1. The van der Waals surface area contributed by atoms with Crippen LogP contribution in [-0.2, 0) is 9.31 Å².